The number of carbonyl (C=O) groups is 3. The van der Waals surface area contributed by atoms with Crippen LogP contribution in [0.3, 0.4) is 0 Å². The maximum atomic E-state index is 11.3. The average Bonchev–Trinajstić information content (AvgIpc) is 2.23. The Balaban J connectivity index is 3.97. The van der Waals surface area contributed by atoms with Crippen LogP contribution in [-0.4, -0.2) is 47.9 Å². The van der Waals surface area contributed by atoms with Gasteiger partial charge in [0.2, 0.25) is 11.8 Å². The molecule has 0 rings (SSSR count). The number of amides is 2. The van der Waals surface area contributed by atoms with Gasteiger partial charge in [0.15, 0.2) is 0 Å². The molecule has 92 valence electrons. The minimum atomic E-state index is -1.08. The Morgan fingerprint density at radius 1 is 1.38 bits per heavy atom. The Labute approximate surface area is 94.6 Å². The van der Waals surface area contributed by atoms with Crippen molar-refractivity contribution in [2.75, 3.05) is 20.1 Å². The summed E-state index contributed by atoms with van der Waals surface area (Å²) in [5, 5.41) is 10.9. The zero-order valence-corrected chi connectivity index (χ0v) is 9.82. The first-order valence-electron chi connectivity index (χ1n) is 5.12. The van der Waals surface area contributed by atoms with Crippen molar-refractivity contribution in [3.05, 3.63) is 0 Å². The third-order valence-corrected chi connectivity index (χ3v) is 2.27. The Bertz CT molecular complexity index is 278. The average molecular weight is 230 g/mol. The molecule has 6 nitrogen and oxygen atoms in total. The quantitative estimate of drug-likeness (QED) is 0.655. The van der Waals surface area contributed by atoms with Gasteiger partial charge >= 0.3 is 5.97 Å². The fourth-order valence-corrected chi connectivity index (χ4v) is 0.948. The number of carbonyl (C=O) groups excluding carboxylic acids is 2. The fourth-order valence-electron chi connectivity index (χ4n) is 0.948. The largest absolute Gasteiger partial charge is 0.480 e. The Morgan fingerprint density at radius 3 is 2.38 bits per heavy atom. The summed E-state index contributed by atoms with van der Waals surface area (Å²) in [5.41, 5.74) is 0. The molecule has 0 aliphatic carbocycles. The number of nitrogens with one attached hydrogen (secondary N) is 1. The lowest BCUT2D eigenvalue weighted by atomic mass is 10.1. The summed E-state index contributed by atoms with van der Waals surface area (Å²) in [4.78, 5) is 34.0. The Morgan fingerprint density at radius 2 is 1.94 bits per heavy atom. The van der Waals surface area contributed by atoms with Gasteiger partial charge in [-0.3, -0.25) is 14.4 Å². The van der Waals surface area contributed by atoms with Crippen LogP contribution < -0.4 is 5.32 Å². The second kappa shape index (κ2) is 6.81. The van der Waals surface area contributed by atoms with Crippen molar-refractivity contribution in [1.29, 1.82) is 0 Å². The van der Waals surface area contributed by atoms with E-state index in [-0.39, 0.29) is 24.9 Å². The van der Waals surface area contributed by atoms with E-state index in [9.17, 15) is 14.4 Å². The normalized spacial score (nSPS) is 11.7. The van der Waals surface area contributed by atoms with E-state index in [0.717, 1.165) is 4.90 Å². The highest BCUT2D eigenvalue weighted by Gasteiger charge is 2.15. The summed E-state index contributed by atoms with van der Waals surface area (Å²) >= 11 is 0. The molecule has 0 fully saturated rings. The topological polar surface area (TPSA) is 86.7 Å². The van der Waals surface area contributed by atoms with E-state index in [2.05, 4.69) is 5.32 Å². The predicted molar refractivity (Wildman–Crippen MR) is 57.7 cm³/mol. The number of aliphatic carboxylic acids is 1. The zero-order chi connectivity index (χ0) is 12.7. The molecule has 0 heterocycles. The third-order valence-electron chi connectivity index (χ3n) is 2.27. The van der Waals surface area contributed by atoms with Crippen LogP contribution in [-0.2, 0) is 14.4 Å². The summed E-state index contributed by atoms with van der Waals surface area (Å²) in [6, 6.07) is 0. The third kappa shape index (κ3) is 5.33. The van der Waals surface area contributed by atoms with E-state index < -0.39 is 11.9 Å². The van der Waals surface area contributed by atoms with Crippen molar-refractivity contribution >= 4 is 17.8 Å². The van der Waals surface area contributed by atoms with Gasteiger partial charge in [0.1, 0.15) is 6.54 Å². The summed E-state index contributed by atoms with van der Waals surface area (Å²) in [6.07, 6.45) is 0.699. The van der Waals surface area contributed by atoms with Crippen molar-refractivity contribution in [1.82, 2.24) is 10.2 Å². The molecule has 2 amide bonds. The molecule has 6 heteroatoms. The van der Waals surface area contributed by atoms with Crippen LogP contribution in [0.15, 0.2) is 0 Å². The molecule has 0 aliphatic rings. The second-order valence-corrected chi connectivity index (χ2v) is 3.67. The Hall–Kier alpha value is -1.59. The maximum absolute atomic E-state index is 11.3. The van der Waals surface area contributed by atoms with Gasteiger partial charge in [0.25, 0.3) is 0 Å². The van der Waals surface area contributed by atoms with Gasteiger partial charge in [-0.05, 0) is 6.42 Å². The first-order valence-corrected chi connectivity index (χ1v) is 5.12. The molecule has 0 radical (unpaired) electrons. The minimum absolute atomic E-state index is 0.141. The molecule has 2 N–H and O–H groups in total. The van der Waals surface area contributed by atoms with E-state index in [1.54, 1.807) is 6.92 Å². The van der Waals surface area contributed by atoms with E-state index in [0.29, 0.717) is 6.42 Å². The lowest BCUT2D eigenvalue weighted by Gasteiger charge is -2.15. The van der Waals surface area contributed by atoms with E-state index in [1.165, 1.54) is 7.05 Å². The number of nitrogens with zero attached hydrogens (tertiary/aromatic N) is 1. The predicted octanol–water partition coefficient (Wildman–Crippen LogP) is -0.308. The molecular weight excluding hydrogens is 212 g/mol. The molecular formula is C10H18N2O4. The van der Waals surface area contributed by atoms with E-state index >= 15 is 0 Å². The molecule has 0 bridgehead atoms. The first kappa shape index (κ1) is 14.4. The summed E-state index contributed by atoms with van der Waals surface area (Å²) in [6.45, 7) is 3.12. The highest BCUT2D eigenvalue weighted by atomic mass is 16.4. The maximum Gasteiger partial charge on any atom is 0.323 e. The minimum Gasteiger partial charge on any atom is -0.480 e. The molecule has 0 saturated heterocycles. The highest BCUT2D eigenvalue weighted by molar-refractivity contribution is 5.87. The molecule has 0 spiro atoms. The van der Waals surface area contributed by atoms with Gasteiger partial charge in [0, 0.05) is 13.0 Å². The van der Waals surface area contributed by atoms with Crippen molar-refractivity contribution < 1.29 is 19.5 Å². The lowest BCUT2D eigenvalue weighted by Crippen LogP contribution is -2.41. The van der Waals surface area contributed by atoms with Gasteiger partial charge < -0.3 is 15.3 Å². The number of rotatable bonds is 6. The van der Waals surface area contributed by atoms with Crippen LogP contribution in [0.1, 0.15) is 20.3 Å². The summed E-state index contributed by atoms with van der Waals surface area (Å²) < 4.78 is 0. The molecule has 0 aromatic heterocycles. The van der Waals surface area contributed by atoms with E-state index in [4.69, 9.17) is 5.11 Å². The Kier molecular flexibility index (Phi) is 6.14. The van der Waals surface area contributed by atoms with Crippen molar-refractivity contribution in [2.24, 2.45) is 5.92 Å². The molecule has 0 aromatic rings. The SMILES string of the molecule is CCC(C)C(=O)NCC(=O)N(C)CC(=O)O. The number of carboxylic acid groups (broad SMARTS) is 1. The monoisotopic (exact) mass is 230 g/mol. The van der Waals surface area contributed by atoms with Crippen molar-refractivity contribution in [2.45, 2.75) is 20.3 Å². The van der Waals surface area contributed by atoms with Crippen LogP contribution in [0.25, 0.3) is 0 Å². The summed E-state index contributed by atoms with van der Waals surface area (Å²) in [5.74, 6) is -1.83. The van der Waals surface area contributed by atoms with Gasteiger partial charge in [-0.25, -0.2) is 0 Å². The molecule has 0 saturated carbocycles. The fraction of sp³-hybridized carbons (Fsp3) is 0.700. The standard InChI is InChI=1S/C10H18N2O4/c1-4-7(2)10(16)11-5-8(13)12(3)6-9(14)15/h7H,4-6H2,1-3H3,(H,11,16)(H,14,15). The lowest BCUT2D eigenvalue weighted by molar-refractivity contribution is -0.143. The molecule has 1 atom stereocenters. The van der Waals surface area contributed by atoms with Crippen LogP contribution in [0.4, 0.5) is 0 Å². The van der Waals surface area contributed by atoms with Crippen LogP contribution >= 0.6 is 0 Å². The smallest absolute Gasteiger partial charge is 0.323 e. The molecule has 16 heavy (non-hydrogen) atoms. The zero-order valence-electron chi connectivity index (χ0n) is 9.82. The first-order chi connectivity index (χ1) is 7.38. The number of hydrogen-bond acceptors (Lipinski definition) is 3. The molecule has 0 aliphatic heterocycles. The van der Waals surface area contributed by atoms with Gasteiger partial charge in [-0.2, -0.15) is 0 Å². The van der Waals surface area contributed by atoms with Crippen LogP contribution in [0.5, 0.6) is 0 Å². The highest BCUT2D eigenvalue weighted by Crippen LogP contribution is 1.99. The second-order valence-electron chi connectivity index (χ2n) is 3.67. The molecule has 0 aromatic carbocycles. The van der Waals surface area contributed by atoms with Crippen molar-refractivity contribution in [3.63, 3.8) is 0 Å². The van der Waals surface area contributed by atoms with E-state index in [1.807, 2.05) is 6.92 Å². The summed E-state index contributed by atoms with van der Waals surface area (Å²) in [7, 11) is 1.38. The number of likely N-dealkylation sites (N-methyl/N-ethyl adjacent to an activating group) is 1. The van der Waals surface area contributed by atoms with Gasteiger partial charge in [-0.15, -0.1) is 0 Å². The van der Waals surface area contributed by atoms with Crippen LogP contribution in [0.2, 0.25) is 0 Å². The van der Waals surface area contributed by atoms with Crippen molar-refractivity contribution in [3.8, 4) is 0 Å². The molecule has 1 unspecified atom stereocenters. The number of hydrogen-bond donors (Lipinski definition) is 2. The van der Waals surface area contributed by atoms with Crippen LogP contribution in [0, 0.1) is 5.92 Å². The number of carboxylic acids is 1. The van der Waals surface area contributed by atoms with Gasteiger partial charge in [0.05, 0.1) is 6.54 Å². The van der Waals surface area contributed by atoms with Gasteiger partial charge in [-0.1, -0.05) is 13.8 Å².